The lowest BCUT2D eigenvalue weighted by Gasteiger charge is -2.06. The van der Waals surface area contributed by atoms with Crippen LogP contribution in [-0.2, 0) is 0 Å². The van der Waals surface area contributed by atoms with Crippen LogP contribution in [-0.4, -0.2) is 20.6 Å². The summed E-state index contributed by atoms with van der Waals surface area (Å²) in [6.45, 7) is 1.95. The molecule has 0 fully saturated rings. The first-order valence-electron chi connectivity index (χ1n) is 9.07. The fourth-order valence-corrected chi connectivity index (χ4v) is 3.72. The highest BCUT2D eigenvalue weighted by molar-refractivity contribution is 7.09. The highest BCUT2D eigenvalue weighted by Crippen LogP contribution is 2.27. The second kappa shape index (κ2) is 8.51. The average molecular weight is 412 g/mol. The summed E-state index contributed by atoms with van der Waals surface area (Å²) < 4.78 is 4.33. The van der Waals surface area contributed by atoms with Gasteiger partial charge in [-0.3, -0.25) is 9.78 Å². The Morgan fingerprint density at radius 3 is 2.67 bits per heavy atom. The van der Waals surface area contributed by atoms with Crippen molar-refractivity contribution in [2.45, 2.75) is 6.92 Å². The predicted octanol–water partition coefficient (Wildman–Crippen LogP) is 4.19. The molecule has 0 aliphatic carbocycles. The Hall–Kier alpha value is -4.09. The monoisotopic (exact) mass is 412 g/mol. The van der Waals surface area contributed by atoms with Crippen molar-refractivity contribution in [3.63, 3.8) is 0 Å². The fourth-order valence-electron chi connectivity index (χ4n) is 2.92. The van der Waals surface area contributed by atoms with E-state index in [1.54, 1.807) is 18.3 Å². The minimum atomic E-state index is -0.524. The van der Waals surface area contributed by atoms with Gasteiger partial charge in [-0.25, -0.2) is 10.4 Å². The molecular weight excluding hydrogens is 396 g/mol. The van der Waals surface area contributed by atoms with Gasteiger partial charge in [0.1, 0.15) is 11.6 Å². The largest absolute Gasteiger partial charge is 0.290 e. The maximum absolute atomic E-state index is 12.3. The first-order valence-corrected chi connectivity index (χ1v) is 9.84. The van der Waals surface area contributed by atoms with Crippen molar-refractivity contribution in [3.05, 3.63) is 87.8 Å². The van der Waals surface area contributed by atoms with Crippen molar-refractivity contribution >= 4 is 23.7 Å². The summed E-state index contributed by atoms with van der Waals surface area (Å²) in [5.74, 6) is 0.153. The molecule has 2 heterocycles. The zero-order chi connectivity index (χ0) is 20.9. The van der Waals surface area contributed by atoms with Gasteiger partial charge < -0.3 is 0 Å². The highest BCUT2D eigenvalue weighted by Gasteiger charge is 2.13. The second-order valence-corrected chi connectivity index (χ2v) is 7.21. The lowest BCUT2D eigenvalue weighted by Crippen LogP contribution is -2.16. The van der Waals surface area contributed by atoms with Crippen molar-refractivity contribution < 1.29 is 0 Å². The minimum Gasteiger partial charge on any atom is -0.290 e. The van der Waals surface area contributed by atoms with Crippen LogP contribution in [0.2, 0.25) is 0 Å². The van der Waals surface area contributed by atoms with Crippen molar-refractivity contribution in [1.82, 2.24) is 14.3 Å². The molecule has 4 aromatic rings. The molecule has 0 bridgehead atoms. The molecule has 0 aliphatic heterocycles. The lowest BCUT2D eigenvalue weighted by atomic mass is 10.1. The van der Waals surface area contributed by atoms with Gasteiger partial charge in [0.25, 0.3) is 5.56 Å². The van der Waals surface area contributed by atoms with E-state index in [1.807, 2.05) is 61.5 Å². The number of nitriles is 1. The number of H-pyrrole nitrogens is 1. The first kappa shape index (κ1) is 19.2. The van der Waals surface area contributed by atoms with Crippen LogP contribution in [0.4, 0.5) is 5.95 Å². The molecule has 4 rings (SSSR count). The fraction of sp³-hybridized carbons (Fsp3) is 0.0455. The SMILES string of the molecule is Cc1cc(-c2ccccc2C=NNc2nc(-c3ccccc3)c(C#N)c(=O)[nH]2)sn1. The van der Waals surface area contributed by atoms with Gasteiger partial charge in [-0.1, -0.05) is 54.6 Å². The van der Waals surface area contributed by atoms with Crippen LogP contribution in [0.25, 0.3) is 21.7 Å². The summed E-state index contributed by atoms with van der Waals surface area (Å²) in [6, 6.07) is 20.9. The third kappa shape index (κ3) is 4.01. The molecule has 0 spiro atoms. The lowest BCUT2D eigenvalue weighted by molar-refractivity contribution is 1.08. The number of aryl methyl sites for hydroxylation is 1. The van der Waals surface area contributed by atoms with Crippen LogP contribution in [0.15, 0.2) is 70.6 Å². The predicted molar refractivity (Wildman–Crippen MR) is 119 cm³/mol. The van der Waals surface area contributed by atoms with Gasteiger partial charge in [-0.05, 0) is 24.5 Å². The number of aromatic nitrogens is 3. The van der Waals surface area contributed by atoms with Gasteiger partial charge in [-0.15, -0.1) is 0 Å². The van der Waals surface area contributed by atoms with E-state index in [4.69, 9.17) is 0 Å². The van der Waals surface area contributed by atoms with Gasteiger partial charge in [0.05, 0.1) is 22.5 Å². The van der Waals surface area contributed by atoms with Crippen molar-refractivity contribution in [2.75, 3.05) is 5.43 Å². The molecule has 0 aliphatic rings. The molecule has 0 saturated heterocycles. The van der Waals surface area contributed by atoms with Gasteiger partial charge in [0.15, 0.2) is 0 Å². The third-order valence-electron chi connectivity index (χ3n) is 4.31. The maximum Gasteiger partial charge on any atom is 0.270 e. The Labute approximate surface area is 176 Å². The highest BCUT2D eigenvalue weighted by atomic mass is 32.1. The summed E-state index contributed by atoms with van der Waals surface area (Å²) >= 11 is 1.43. The summed E-state index contributed by atoms with van der Waals surface area (Å²) in [4.78, 5) is 20.3. The Kier molecular flexibility index (Phi) is 5.46. The number of anilines is 1. The number of aromatic amines is 1. The van der Waals surface area contributed by atoms with Crippen molar-refractivity contribution in [3.8, 4) is 27.8 Å². The number of nitrogens with zero attached hydrogens (tertiary/aromatic N) is 4. The molecule has 0 atom stereocenters. The molecule has 2 aromatic carbocycles. The normalized spacial score (nSPS) is 10.8. The second-order valence-electron chi connectivity index (χ2n) is 6.41. The molecule has 146 valence electrons. The summed E-state index contributed by atoms with van der Waals surface area (Å²) in [7, 11) is 0. The van der Waals surface area contributed by atoms with Gasteiger partial charge in [0, 0.05) is 16.7 Å². The van der Waals surface area contributed by atoms with Gasteiger partial charge >= 0.3 is 0 Å². The van der Waals surface area contributed by atoms with E-state index in [9.17, 15) is 10.1 Å². The van der Waals surface area contributed by atoms with Crippen molar-refractivity contribution in [1.29, 1.82) is 5.26 Å². The molecule has 0 saturated carbocycles. The Bertz CT molecular complexity index is 1320. The third-order valence-corrected chi connectivity index (χ3v) is 5.22. The Morgan fingerprint density at radius 2 is 1.93 bits per heavy atom. The molecule has 2 aromatic heterocycles. The number of nitrogens with one attached hydrogen (secondary N) is 2. The Balaban J connectivity index is 1.64. The molecular formula is C22H16N6OS. The molecule has 0 amide bonds. The number of benzene rings is 2. The van der Waals surface area contributed by atoms with Crippen LogP contribution in [0.5, 0.6) is 0 Å². The Morgan fingerprint density at radius 1 is 1.17 bits per heavy atom. The molecule has 0 radical (unpaired) electrons. The van der Waals surface area contributed by atoms with E-state index < -0.39 is 5.56 Å². The number of hydrazone groups is 1. The summed E-state index contributed by atoms with van der Waals surface area (Å²) in [5.41, 5.74) is 6.06. The average Bonchev–Trinajstić information content (AvgIpc) is 3.20. The molecule has 30 heavy (non-hydrogen) atoms. The molecule has 2 N–H and O–H groups in total. The quantitative estimate of drug-likeness (QED) is 0.378. The van der Waals surface area contributed by atoms with Crippen LogP contribution < -0.4 is 11.0 Å². The van der Waals surface area contributed by atoms with Gasteiger partial charge in [-0.2, -0.15) is 14.7 Å². The number of rotatable bonds is 5. The van der Waals surface area contributed by atoms with E-state index in [0.29, 0.717) is 11.3 Å². The van der Waals surface area contributed by atoms with E-state index >= 15 is 0 Å². The maximum atomic E-state index is 12.3. The molecule has 8 heteroatoms. The standard InChI is InChI=1S/C22H16N6OS/c1-14-11-19(30-28-14)17-10-6-5-9-16(17)13-24-27-22-25-20(15-7-3-2-4-8-15)18(12-23)21(29)26-22/h2-11,13H,1H3,(H2,25,26,27,29). The first-order chi connectivity index (χ1) is 14.7. The summed E-state index contributed by atoms with van der Waals surface area (Å²) in [5, 5.41) is 13.6. The zero-order valence-electron chi connectivity index (χ0n) is 16.0. The van der Waals surface area contributed by atoms with E-state index in [2.05, 4.69) is 24.9 Å². The van der Waals surface area contributed by atoms with Crippen LogP contribution >= 0.6 is 11.5 Å². The van der Waals surface area contributed by atoms with E-state index in [-0.39, 0.29) is 11.5 Å². The van der Waals surface area contributed by atoms with Crippen molar-refractivity contribution in [2.24, 2.45) is 5.10 Å². The molecule has 7 nitrogen and oxygen atoms in total. The van der Waals surface area contributed by atoms with E-state index in [1.165, 1.54) is 11.5 Å². The number of hydrogen-bond acceptors (Lipinski definition) is 7. The van der Waals surface area contributed by atoms with E-state index in [0.717, 1.165) is 21.7 Å². The van der Waals surface area contributed by atoms with Crippen LogP contribution in [0.1, 0.15) is 16.8 Å². The smallest absolute Gasteiger partial charge is 0.270 e. The number of hydrogen-bond donors (Lipinski definition) is 2. The van der Waals surface area contributed by atoms with Crippen LogP contribution in [0, 0.1) is 18.3 Å². The topological polar surface area (TPSA) is 107 Å². The molecule has 0 unspecified atom stereocenters. The summed E-state index contributed by atoms with van der Waals surface area (Å²) in [6.07, 6.45) is 1.66. The minimum absolute atomic E-state index is 0.0401. The van der Waals surface area contributed by atoms with Gasteiger partial charge in [0.2, 0.25) is 5.95 Å². The zero-order valence-corrected chi connectivity index (χ0v) is 16.8. The van der Waals surface area contributed by atoms with Crippen LogP contribution in [0.3, 0.4) is 0 Å².